The fourth-order valence-electron chi connectivity index (χ4n) is 11.0. The fourth-order valence-corrected chi connectivity index (χ4v) is 11.0. The molecule has 12 rings (SSSR count). The average Bonchev–Trinajstić information content (AvgIpc) is 3.38. The van der Waals surface area contributed by atoms with Crippen LogP contribution in [0.15, 0.2) is 182 Å². The summed E-state index contributed by atoms with van der Waals surface area (Å²) in [6.07, 6.45) is 0. The Bertz CT molecular complexity index is 5040. The van der Waals surface area contributed by atoms with E-state index in [2.05, 4.69) is 60.4 Å². The Morgan fingerprint density at radius 1 is 0.293 bits per heavy atom. The Kier molecular flexibility index (Phi) is 12.1. The maximum atomic E-state index is 11.5. The van der Waals surface area contributed by atoms with Crippen LogP contribution >= 0.6 is 0 Å². The van der Waals surface area contributed by atoms with Crippen LogP contribution in [0.25, 0.3) is 130 Å². The number of hydrogen-bond acceptors (Lipinski definition) is 6. The molecule has 12 nitrogen and oxygen atoms in total. The molecule has 12 aromatic rings. The summed E-state index contributed by atoms with van der Waals surface area (Å²) < 4.78 is 4.09. The van der Waals surface area contributed by atoms with Gasteiger partial charge >= 0.3 is 0 Å². The largest absolute Gasteiger partial charge is 0.309 e. The van der Waals surface area contributed by atoms with E-state index in [1.165, 1.54) is 0 Å². The molecule has 370 valence electrons. The molecule has 0 aliphatic heterocycles. The van der Waals surface area contributed by atoms with E-state index >= 15 is 0 Å². The highest BCUT2D eigenvalue weighted by Crippen LogP contribution is 2.46. The van der Waals surface area contributed by atoms with Crippen LogP contribution in [0.3, 0.4) is 0 Å². The van der Waals surface area contributed by atoms with E-state index in [0.717, 1.165) is 43.7 Å². The fraction of sp³-hybridized carbons (Fsp3) is 0. The van der Waals surface area contributed by atoms with Crippen molar-refractivity contribution in [2.75, 3.05) is 0 Å². The molecule has 0 fully saturated rings. The monoisotopic (exact) mass is 1040 g/mol. The SMILES string of the molecule is [C-]#[N+]c1ccc(-c2ccc3c(c2)c2cc(-c4ccc([N+]#[C-])cc4[N+]#[C-])ccc2n3-c2cc(C#N)c(-n3c4ccc(-c5ccc(C#N)cc5C#N)cc4c4cc(-c5ccc(C#N)cc5C#N)ccc43)cc2-c2cccc(C#N)c2)c([N+]#[C-])c1. The van der Waals surface area contributed by atoms with Crippen molar-refractivity contribution < 1.29 is 0 Å². The molecule has 0 saturated carbocycles. The van der Waals surface area contributed by atoms with Gasteiger partial charge in [-0.3, -0.25) is 0 Å². The quantitative estimate of drug-likeness (QED) is 0.144. The van der Waals surface area contributed by atoms with Crippen LogP contribution in [0.2, 0.25) is 0 Å². The van der Waals surface area contributed by atoms with Crippen LogP contribution in [0.4, 0.5) is 22.7 Å². The first-order chi connectivity index (χ1) is 40.2. The molecule has 0 saturated heterocycles. The van der Waals surface area contributed by atoms with E-state index in [1.807, 2.05) is 102 Å². The van der Waals surface area contributed by atoms with Crippen LogP contribution in [-0.4, -0.2) is 9.13 Å². The summed E-state index contributed by atoms with van der Waals surface area (Å²) in [5.74, 6) is 0. The van der Waals surface area contributed by atoms with Gasteiger partial charge in [0, 0.05) is 27.1 Å². The Morgan fingerprint density at radius 2 is 0.683 bits per heavy atom. The lowest BCUT2D eigenvalue weighted by molar-refractivity contribution is 1.14. The van der Waals surface area contributed by atoms with Crippen molar-refractivity contribution >= 4 is 66.4 Å². The molecule has 0 N–H and O–H groups in total. The van der Waals surface area contributed by atoms with Gasteiger partial charge in [-0.2, -0.15) is 31.6 Å². The summed E-state index contributed by atoms with van der Waals surface area (Å²) in [7, 11) is 0. The van der Waals surface area contributed by atoms with Crippen molar-refractivity contribution in [3.63, 3.8) is 0 Å². The van der Waals surface area contributed by atoms with Crippen molar-refractivity contribution in [2.24, 2.45) is 0 Å². The topological polar surface area (TPSA) is 170 Å². The summed E-state index contributed by atoms with van der Waals surface area (Å²) in [6.45, 7) is 31.4. The van der Waals surface area contributed by atoms with Crippen LogP contribution in [-0.2, 0) is 0 Å². The maximum absolute atomic E-state index is 11.5. The lowest BCUT2D eigenvalue weighted by atomic mass is 9.95. The molecule has 10 aromatic carbocycles. The van der Waals surface area contributed by atoms with Gasteiger partial charge in [-0.25, -0.2) is 19.4 Å². The number of rotatable bonds is 7. The van der Waals surface area contributed by atoms with E-state index in [-0.39, 0.29) is 5.56 Å². The Labute approximate surface area is 469 Å². The second-order valence-electron chi connectivity index (χ2n) is 19.1. The highest BCUT2D eigenvalue weighted by Gasteiger charge is 2.25. The van der Waals surface area contributed by atoms with E-state index in [9.17, 15) is 31.6 Å². The zero-order valence-corrected chi connectivity index (χ0v) is 42.7. The van der Waals surface area contributed by atoms with Gasteiger partial charge in [-0.05, 0) is 147 Å². The molecule has 0 spiro atoms. The first-order valence-electron chi connectivity index (χ1n) is 25.1. The lowest BCUT2D eigenvalue weighted by Gasteiger charge is -2.19. The second-order valence-corrected chi connectivity index (χ2v) is 19.1. The molecular weight excluding hydrogens is 1010 g/mol. The van der Waals surface area contributed by atoms with Crippen molar-refractivity contribution in [1.82, 2.24) is 9.13 Å². The third kappa shape index (κ3) is 8.09. The molecular formula is C70H30N12. The molecule has 0 bridgehead atoms. The van der Waals surface area contributed by atoms with E-state index in [0.29, 0.717) is 117 Å². The molecule has 0 radical (unpaired) electrons. The van der Waals surface area contributed by atoms with Crippen molar-refractivity contribution in [2.45, 2.75) is 0 Å². The van der Waals surface area contributed by atoms with Crippen LogP contribution in [0.5, 0.6) is 0 Å². The zero-order chi connectivity index (χ0) is 56.8. The normalized spacial score (nSPS) is 10.6. The molecule has 12 heteroatoms. The molecule has 0 unspecified atom stereocenters. The van der Waals surface area contributed by atoms with Crippen LogP contribution < -0.4 is 0 Å². The first-order valence-corrected chi connectivity index (χ1v) is 25.1. The highest BCUT2D eigenvalue weighted by atomic mass is 15.0. The number of hydrogen-bond donors (Lipinski definition) is 0. The first kappa shape index (κ1) is 49.6. The zero-order valence-electron chi connectivity index (χ0n) is 42.7. The van der Waals surface area contributed by atoms with Gasteiger partial charge in [-0.15, -0.1) is 0 Å². The van der Waals surface area contributed by atoms with Crippen molar-refractivity contribution in [3.05, 3.63) is 261 Å². The molecule has 2 aromatic heterocycles. The Morgan fingerprint density at radius 3 is 1.09 bits per heavy atom. The third-order valence-corrected chi connectivity index (χ3v) is 14.8. The van der Waals surface area contributed by atoms with E-state index in [4.69, 9.17) is 26.3 Å². The number of fused-ring (bicyclic) bond motifs is 6. The predicted octanol–water partition coefficient (Wildman–Crippen LogP) is 17.6. The number of aromatic nitrogens is 2. The summed E-state index contributed by atoms with van der Waals surface area (Å²) >= 11 is 0. The van der Waals surface area contributed by atoms with E-state index in [1.54, 1.807) is 84.9 Å². The standard InChI is InChI=1S/C70H30N12/c1-77-52-14-18-56(63(32-52)79-3)47-12-22-67-61(29-47)62-30-48(57-19-15-53(78-2)33-64(57)80-4)13-23-68(62)82(67)70-31-51(40-76)69(34-58(70)44-7-5-6-41(24-44)35-71)81-65-20-10-45(54-16-8-42(36-72)25-49(54)38-74)27-59(65)60-28-46(11-21-66(60)81)55-17-9-43(37-73)26-50(55)39-75/h5-34H. The highest BCUT2D eigenvalue weighted by molar-refractivity contribution is 6.14. The minimum absolute atomic E-state index is 0.284. The minimum Gasteiger partial charge on any atom is -0.309 e. The maximum Gasteiger partial charge on any atom is 0.184 e. The summed E-state index contributed by atoms with van der Waals surface area (Å²) in [5.41, 5.74) is 13.9. The van der Waals surface area contributed by atoms with Gasteiger partial charge in [0.2, 0.25) is 0 Å². The van der Waals surface area contributed by atoms with Gasteiger partial charge in [0.05, 0.1) is 123 Å². The van der Waals surface area contributed by atoms with Crippen molar-refractivity contribution in [3.8, 4) is 103 Å². The molecule has 0 aliphatic rings. The molecule has 2 heterocycles. The predicted molar refractivity (Wildman–Crippen MR) is 316 cm³/mol. The number of nitriles is 6. The van der Waals surface area contributed by atoms with Gasteiger partial charge in [0.15, 0.2) is 22.7 Å². The van der Waals surface area contributed by atoms with Gasteiger partial charge in [0.1, 0.15) is 6.07 Å². The summed E-state index contributed by atoms with van der Waals surface area (Å²) in [5, 5.41) is 64.9. The van der Waals surface area contributed by atoms with Crippen LogP contribution in [0.1, 0.15) is 33.4 Å². The molecule has 0 amide bonds. The summed E-state index contributed by atoms with van der Waals surface area (Å²) in [6, 6.07) is 68.0. The Balaban J connectivity index is 1.16. The van der Waals surface area contributed by atoms with E-state index < -0.39 is 0 Å². The molecule has 0 aliphatic carbocycles. The second kappa shape index (κ2) is 20.0. The Hall–Kier alpha value is -13.3. The average molecular weight is 1040 g/mol. The lowest BCUT2D eigenvalue weighted by Crippen LogP contribution is -2.04. The smallest absolute Gasteiger partial charge is 0.184 e. The molecule has 82 heavy (non-hydrogen) atoms. The third-order valence-electron chi connectivity index (χ3n) is 14.8. The summed E-state index contributed by atoms with van der Waals surface area (Å²) in [4.78, 5) is 14.7. The van der Waals surface area contributed by atoms with Crippen LogP contribution in [0, 0.1) is 94.3 Å². The number of nitrogens with zero attached hydrogens (tertiary/aromatic N) is 12. The number of benzene rings is 10. The van der Waals surface area contributed by atoms with Gasteiger partial charge in [0.25, 0.3) is 0 Å². The van der Waals surface area contributed by atoms with Gasteiger partial charge in [-0.1, -0.05) is 84.9 Å². The van der Waals surface area contributed by atoms with Crippen molar-refractivity contribution in [1.29, 1.82) is 31.6 Å². The molecule has 0 atom stereocenters. The van der Waals surface area contributed by atoms with Gasteiger partial charge < -0.3 is 9.13 Å². The minimum atomic E-state index is 0.284.